The minimum absolute atomic E-state index is 0.118. The van der Waals surface area contributed by atoms with Crippen molar-refractivity contribution in [3.8, 4) is 0 Å². The average molecular weight is 291 g/mol. The number of carbonyl (C=O) groups excluding carboxylic acids is 2. The van der Waals surface area contributed by atoms with Gasteiger partial charge in [0.05, 0.1) is 12.6 Å². The summed E-state index contributed by atoms with van der Waals surface area (Å²) in [6, 6.07) is 6.89. The van der Waals surface area contributed by atoms with Gasteiger partial charge >= 0.3 is 0 Å². The third-order valence-electron chi connectivity index (χ3n) is 3.26. The molecule has 1 saturated heterocycles. The molecule has 1 unspecified atom stereocenters. The van der Waals surface area contributed by atoms with Gasteiger partial charge in [-0.05, 0) is 38.1 Å². The van der Waals surface area contributed by atoms with Crippen LogP contribution in [0.1, 0.15) is 23.2 Å². The van der Waals surface area contributed by atoms with Crippen molar-refractivity contribution in [1.82, 2.24) is 10.6 Å². The van der Waals surface area contributed by atoms with Gasteiger partial charge in [0.1, 0.15) is 0 Å². The van der Waals surface area contributed by atoms with Crippen molar-refractivity contribution in [1.29, 1.82) is 0 Å². The van der Waals surface area contributed by atoms with Crippen molar-refractivity contribution in [2.75, 3.05) is 32.1 Å². The summed E-state index contributed by atoms with van der Waals surface area (Å²) >= 11 is 0. The smallest absolute Gasteiger partial charge is 0.251 e. The van der Waals surface area contributed by atoms with Gasteiger partial charge in [-0.1, -0.05) is 6.07 Å². The first-order chi connectivity index (χ1) is 10.2. The Bertz CT molecular complexity index is 499. The number of anilines is 1. The van der Waals surface area contributed by atoms with E-state index < -0.39 is 0 Å². The van der Waals surface area contributed by atoms with Crippen molar-refractivity contribution in [2.45, 2.75) is 18.9 Å². The zero-order chi connectivity index (χ0) is 15.1. The molecule has 3 N–H and O–H groups in total. The lowest BCUT2D eigenvalue weighted by Gasteiger charge is -2.11. The Labute approximate surface area is 124 Å². The predicted octanol–water partition coefficient (Wildman–Crippen LogP) is 0.753. The number of hydrogen-bond donors (Lipinski definition) is 3. The zero-order valence-electron chi connectivity index (χ0n) is 12.1. The highest BCUT2D eigenvalue weighted by Gasteiger charge is 2.16. The summed E-state index contributed by atoms with van der Waals surface area (Å²) in [7, 11) is 1.70. The monoisotopic (exact) mass is 291 g/mol. The standard InChI is InChI=1S/C15H21N3O3/c1-16-10-14(19)18-12-5-2-4-11(8-12)15(20)17-9-13-6-3-7-21-13/h2,4-5,8,13,16H,3,6-7,9-10H2,1H3,(H,17,20)(H,18,19). The molecule has 1 fully saturated rings. The van der Waals surface area contributed by atoms with Crippen LogP contribution >= 0.6 is 0 Å². The van der Waals surface area contributed by atoms with Gasteiger partial charge in [-0.2, -0.15) is 0 Å². The summed E-state index contributed by atoms with van der Waals surface area (Å²) in [5.74, 6) is -0.301. The van der Waals surface area contributed by atoms with Crippen LogP contribution in [0.3, 0.4) is 0 Å². The first-order valence-corrected chi connectivity index (χ1v) is 7.13. The Hall–Kier alpha value is -1.92. The molecule has 1 aromatic rings. The molecule has 6 heteroatoms. The summed E-state index contributed by atoms with van der Waals surface area (Å²) in [6.45, 7) is 1.53. The topological polar surface area (TPSA) is 79.5 Å². The highest BCUT2D eigenvalue weighted by atomic mass is 16.5. The molecule has 1 heterocycles. The lowest BCUT2D eigenvalue weighted by atomic mass is 10.1. The second kappa shape index (κ2) is 7.75. The molecule has 1 aliphatic rings. The lowest BCUT2D eigenvalue weighted by Crippen LogP contribution is -2.31. The highest BCUT2D eigenvalue weighted by molar-refractivity contribution is 5.97. The fourth-order valence-corrected chi connectivity index (χ4v) is 2.22. The molecular formula is C15H21N3O3. The van der Waals surface area contributed by atoms with E-state index in [1.54, 1.807) is 31.3 Å². The van der Waals surface area contributed by atoms with Crippen molar-refractivity contribution >= 4 is 17.5 Å². The molecule has 21 heavy (non-hydrogen) atoms. The molecule has 2 amide bonds. The Morgan fingerprint density at radius 2 is 2.24 bits per heavy atom. The summed E-state index contributed by atoms with van der Waals surface area (Å²) in [4.78, 5) is 23.6. The molecule has 0 bridgehead atoms. The molecule has 0 spiro atoms. The number of ether oxygens (including phenoxy) is 1. The van der Waals surface area contributed by atoms with Crippen molar-refractivity contribution in [3.63, 3.8) is 0 Å². The van der Waals surface area contributed by atoms with Gasteiger partial charge in [0.2, 0.25) is 5.91 Å². The molecule has 1 atom stereocenters. The van der Waals surface area contributed by atoms with Gasteiger partial charge < -0.3 is 20.7 Å². The van der Waals surface area contributed by atoms with Gasteiger partial charge in [0.15, 0.2) is 0 Å². The maximum absolute atomic E-state index is 12.1. The number of rotatable bonds is 6. The fraction of sp³-hybridized carbons (Fsp3) is 0.467. The van der Waals surface area contributed by atoms with Gasteiger partial charge in [0, 0.05) is 24.4 Å². The van der Waals surface area contributed by atoms with E-state index in [1.807, 2.05) is 0 Å². The number of likely N-dealkylation sites (N-methyl/N-ethyl adjacent to an activating group) is 1. The van der Waals surface area contributed by atoms with Crippen LogP contribution in [-0.2, 0) is 9.53 Å². The van der Waals surface area contributed by atoms with E-state index in [1.165, 1.54) is 0 Å². The second-order valence-electron chi connectivity index (χ2n) is 5.00. The first-order valence-electron chi connectivity index (χ1n) is 7.13. The summed E-state index contributed by atoms with van der Waals surface area (Å²) in [6.07, 6.45) is 2.15. The molecule has 114 valence electrons. The summed E-state index contributed by atoms with van der Waals surface area (Å²) < 4.78 is 5.46. The highest BCUT2D eigenvalue weighted by Crippen LogP contribution is 2.12. The number of amides is 2. The maximum Gasteiger partial charge on any atom is 0.251 e. The van der Waals surface area contributed by atoms with Crippen LogP contribution < -0.4 is 16.0 Å². The SMILES string of the molecule is CNCC(=O)Nc1cccc(C(=O)NCC2CCCO2)c1. The van der Waals surface area contributed by atoms with Crippen LogP contribution in [0.5, 0.6) is 0 Å². The molecule has 6 nitrogen and oxygen atoms in total. The zero-order valence-corrected chi connectivity index (χ0v) is 12.1. The number of nitrogens with one attached hydrogen (secondary N) is 3. The first kappa shape index (κ1) is 15.5. The second-order valence-corrected chi connectivity index (χ2v) is 5.00. The van der Waals surface area contributed by atoms with Crippen molar-refractivity contribution < 1.29 is 14.3 Å². The Morgan fingerprint density at radius 3 is 2.95 bits per heavy atom. The van der Waals surface area contributed by atoms with E-state index in [0.717, 1.165) is 19.4 Å². The van der Waals surface area contributed by atoms with Crippen molar-refractivity contribution in [3.05, 3.63) is 29.8 Å². The van der Waals surface area contributed by atoms with E-state index in [2.05, 4.69) is 16.0 Å². The van der Waals surface area contributed by atoms with Gasteiger partial charge in [-0.25, -0.2) is 0 Å². The number of benzene rings is 1. The molecule has 1 aliphatic heterocycles. The lowest BCUT2D eigenvalue weighted by molar-refractivity contribution is -0.115. The molecule has 0 saturated carbocycles. The average Bonchev–Trinajstić information content (AvgIpc) is 2.98. The van der Waals surface area contributed by atoms with Crippen LogP contribution in [0, 0.1) is 0 Å². The number of carbonyl (C=O) groups is 2. The molecule has 0 radical (unpaired) electrons. The molecule has 1 aromatic carbocycles. The van der Waals surface area contributed by atoms with E-state index in [-0.39, 0.29) is 24.5 Å². The van der Waals surface area contributed by atoms with E-state index >= 15 is 0 Å². The minimum Gasteiger partial charge on any atom is -0.376 e. The Morgan fingerprint density at radius 1 is 1.38 bits per heavy atom. The maximum atomic E-state index is 12.1. The minimum atomic E-state index is -0.157. The molecule has 0 aliphatic carbocycles. The van der Waals surface area contributed by atoms with Gasteiger partial charge in [-0.3, -0.25) is 9.59 Å². The van der Waals surface area contributed by atoms with Crippen molar-refractivity contribution in [2.24, 2.45) is 0 Å². The largest absolute Gasteiger partial charge is 0.376 e. The van der Waals surface area contributed by atoms with Gasteiger partial charge in [0.25, 0.3) is 5.91 Å². The van der Waals surface area contributed by atoms with Gasteiger partial charge in [-0.15, -0.1) is 0 Å². The third kappa shape index (κ3) is 4.84. The van der Waals surface area contributed by atoms with E-state index in [4.69, 9.17) is 4.74 Å². The normalized spacial score (nSPS) is 17.5. The number of hydrogen-bond acceptors (Lipinski definition) is 4. The summed E-state index contributed by atoms with van der Waals surface area (Å²) in [5, 5.41) is 8.36. The Kier molecular flexibility index (Phi) is 5.71. The summed E-state index contributed by atoms with van der Waals surface area (Å²) in [5.41, 5.74) is 1.13. The van der Waals surface area contributed by atoms with Crippen LogP contribution in [0.2, 0.25) is 0 Å². The Balaban J connectivity index is 1.89. The molecular weight excluding hydrogens is 270 g/mol. The quantitative estimate of drug-likeness (QED) is 0.723. The van der Waals surface area contributed by atoms with Crippen LogP contribution in [-0.4, -0.2) is 44.7 Å². The van der Waals surface area contributed by atoms with E-state index in [9.17, 15) is 9.59 Å². The molecule has 0 aromatic heterocycles. The van der Waals surface area contributed by atoms with E-state index in [0.29, 0.717) is 17.8 Å². The van der Waals surface area contributed by atoms with Crippen LogP contribution in [0.4, 0.5) is 5.69 Å². The third-order valence-corrected chi connectivity index (χ3v) is 3.26. The van der Waals surface area contributed by atoms with Crippen LogP contribution in [0.25, 0.3) is 0 Å². The predicted molar refractivity (Wildman–Crippen MR) is 80.3 cm³/mol. The molecule has 2 rings (SSSR count). The fourth-order valence-electron chi connectivity index (χ4n) is 2.22. The van der Waals surface area contributed by atoms with Crippen LogP contribution in [0.15, 0.2) is 24.3 Å².